The largest absolute Gasteiger partial charge is 0.435 e. The third-order valence-corrected chi connectivity index (χ3v) is 9.02. The van der Waals surface area contributed by atoms with Crippen molar-refractivity contribution in [3.8, 4) is 5.75 Å². The smallest absolute Gasteiger partial charge is 0.387 e. The van der Waals surface area contributed by atoms with Gasteiger partial charge in [-0.3, -0.25) is 19.3 Å². The monoisotopic (exact) mass is 655 g/mol. The zero-order chi connectivity index (χ0) is 32.5. The summed E-state index contributed by atoms with van der Waals surface area (Å²) in [5, 5.41) is 9.83. The molecule has 13 nitrogen and oxygen atoms in total. The van der Waals surface area contributed by atoms with Crippen LogP contribution in [0.5, 0.6) is 5.75 Å². The van der Waals surface area contributed by atoms with Crippen molar-refractivity contribution in [3.05, 3.63) is 71.9 Å². The second-order valence-corrected chi connectivity index (χ2v) is 13.2. The Morgan fingerprint density at radius 1 is 1.00 bits per heavy atom. The van der Waals surface area contributed by atoms with Crippen molar-refractivity contribution in [1.82, 2.24) is 20.2 Å². The summed E-state index contributed by atoms with van der Waals surface area (Å²) in [5.41, 5.74) is -0.0952. The number of alkyl halides is 2. The number of sulfonamides is 1. The van der Waals surface area contributed by atoms with Crippen LogP contribution in [0, 0.1) is 0 Å². The fourth-order valence-electron chi connectivity index (χ4n) is 3.92. The number of hydrogen-bond acceptors (Lipinski definition) is 11. The molecule has 3 rings (SSSR count). The third kappa shape index (κ3) is 9.63. The number of aliphatic imine (C=N–C) groups is 1. The van der Waals surface area contributed by atoms with Gasteiger partial charge in [0.15, 0.2) is 9.84 Å². The number of nitrogens with zero attached hydrogens (tertiary/aromatic N) is 3. The van der Waals surface area contributed by atoms with Crippen molar-refractivity contribution >= 4 is 37.4 Å². The van der Waals surface area contributed by atoms with Gasteiger partial charge in [0.1, 0.15) is 17.6 Å². The molecule has 3 aromatic rings. The van der Waals surface area contributed by atoms with Gasteiger partial charge in [-0.05, 0) is 31.5 Å². The minimum Gasteiger partial charge on any atom is -0.435 e. The molecule has 0 fully saturated rings. The number of carbonyl (C=O) groups is 2. The first kappa shape index (κ1) is 34.2. The number of aromatic nitrogens is 2. The van der Waals surface area contributed by atoms with Gasteiger partial charge in [-0.25, -0.2) is 16.8 Å². The zero-order valence-corrected chi connectivity index (χ0v) is 25.6. The van der Waals surface area contributed by atoms with Gasteiger partial charge < -0.3 is 14.5 Å². The van der Waals surface area contributed by atoms with Gasteiger partial charge in [-0.2, -0.15) is 8.78 Å². The Morgan fingerprint density at radius 3 is 2.27 bits per heavy atom. The highest BCUT2D eigenvalue weighted by Gasteiger charge is 2.32. The number of aryl methyl sites for hydroxylation is 1. The average Bonchev–Trinajstić information content (AvgIpc) is 3.45. The number of sulfone groups is 1. The van der Waals surface area contributed by atoms with E-state index in [2.05, 4.69) is 30.0 Å². The average molecular weight is 656 g/mol. The summed E-state index contributed by atoms with van der Waals surface area (Å²) in [7, 11) is -8.44. The number of amidine groups is 1. The third-order valence-electron chi connectivity index (χ3n) is 5.98. The molecule has 238 valence electrons. The van der Waals surface area contributed by atoms with Crippen LogP contribution in [0.4, 0.5) is 8.78 Å². The summed E-state index contributed by atoms with van der Waals surface area (Å²) in [6.45, 7) is 1.31. The first-order valence-electron chi connectivity index (χ1n) is 13.3. The zero-order valence-electron chi connectivity index (χ0n) is 23.9. The number of ketones is 1. The number of Topliss-reactive ketones (excluding diaryl/α,β-unsaturated/α-hetero) is 1. The van der Waals surface area contributed by atoms with E-state index in [9.17, 15) is 35.2 Å². The molecule has 44 heavy (non-hydrogen) atoms. The van der Waals surface area contributed by atoms with Crippen LogP contribution < -0.4 is 14.8 Å². The standard InChI is InChI=1S/C27H31F2N5O8S2/c1-4-20(24(35)26-33-32-23(5-2)42-26)31-25(36)21(30-17(3)34-44(39,40)19-12-7-6-8-13-19)16-43(37,38)15-18-11-9-10-14-22(18)41-27(28)29/h6-14,20-21,27H,4-5,15-16H2,1-3H3,(H,30,34)(H,31,36)/t20-,21-/m0/s1. The predicted molar refractivity (Wildman–Crippen MR) is 154 cm³/mol. The Kier molecular flexibility index (Phi) is 11.6. The first-order chi connectivity index (χ1) is 20.7. The van der Waals surface area contributed by atoms with E-state index in [4.69, 9.17) is 4.42 Å². The van der Waals surface area contributed by atoms with Crippen LogP contribution in [0.3, 0.4) is 0 Å². The molecule has 0 saturated carbocycles. The van der Waals surface area contributed by atoms with E-state index in [1.165, 1.54) is 55.5 Å². The Morgan fingerprint density at radius 2 is 1.66 bits per heavy atom. The van der Waals surface area contributed by atoms with Gasteiger partial charge in [0.2, 0.25) is 17.6 Å². The van der Waals surface area contributed by atoms with Gasteiger partial charge in [-0.15, -0.1) is 10.2 Å². The highest BCUT2D eigenvalue weighted by atomic mass is 32.2. The molecule has 0 radical (unpaired) electrons. The maximum atomic E-state index is 13.4. The van der Waals surface area contributed by atoms with Gasteiger partial charge in [0.05, 0.1) is 22.4 Å². The maximum absolute atomic E-state index is 13.4. The van der Waals surface area contributed by atoms with Crippen LogP contribution in [0.25, 0.3) is 0 Å². The van der Waals surface area contributed by atoms with Gasteiger partial charge in [0.25, 0.3) is 15.9 Å². The lowest BCUT2D eigenvalue weighted by molar-refractivity contribution is -0.122. The summed E-state index contributed by atoms with van der Waals surface area (Å²) in [6.07, 6.45) is 0.414. The van der Waals surface area contributed by atoms with Crippen molar-refractivity contribution < 1.29 is 44.4 Å². The minimum absolute atomic E-state index is 0.0511. The molecule has 0 saturated heterocycles. The Hall–Kier alpha value is -4.25. The molecule has 0 aliphatic carbocycles. The first-order valence-corrected chi connectivity index (χ1v) is 16.6. The molecule has 0 aliphatic rings. The van der Waals surface area contributed by atoms with Crippen molar-refractivity contribution in [2.24, 2.45) is 4.99 Å². The predicted octanol–water partition coefficient (Wildman–Crippen LogP) is 2.69. The van der Waals surface area contributed by atoms with Gasteiger partial charge >= 0.3 is 6.61 Å². The molecular weight excluding hydrogens is 624 g/mol. The molecule has 2 N–H and O–H groups in total. The number of rotatable bonds is 15. The summed E-state index contributed by atoms with van der Waals surface area (Å²) >= 11 is 0. The summed E-state index contributed by atoms with van der Waals surface area (Å²) in [5.74, 6) is -4.39. The number of hydrogen-bond donors (Lipinski definition) is 2. The van der Waals surface area contributed by atoms with Crippen LogP contribution in [0.15, 0.2) is 68.9 Å². The van der Waals surface area contributed by atoms with Crippen molar-refractivity contribution in [2.75, 3.05) is 5.75 Å². The van der Waals surface area contributed by atoms with Crippen LogP contribution in [-0.4, -0.2) is 69.0 Å². The lowest BCUT2D eigenvalue weighted by atomic mass is 10.1. The lowest BCUT2D eigenvalue weighted by Crippen LogP contribution is -2.47. The number of benzene rings is 2. The molecule has 0 spiro atoms. The Labute approximate surface area is 253 Å². The fourth-order valence-corrected chi connectivity index (χ4v) is 6.53. The number of carbonyl (C=O) groups excluding carboxylic acids is 2. The van der Waals surface area contributed by atoms with Crippen LogP contribution >= 0.6 is 0 Å². The molecule has 0 bridgehead atoms. The highest BCUT2D eigenvalue weighted by Crippen LogP contribution is 2.23. The summed E-state index contributed by atoms with van der Waals surface area (Å²) in [4.78, 5) is 30.3. The molecule has 0 aliphatic heterocycles. The normalized spacial score (nSPS) is 13.7. The van der Waals surface area contributed by atoms with E-state index in [0.717, 1.165) is 0 Å². The molecule has 2 atom stereocenters. The van der Waals surface area contributed by atoms with E-state index < -0.39 is 61.8 Å². The van der Waals surface area contributed by atoms with E-state index in [1.54, 1.807) is 19.9 Å². The van der Waals surface area contributed by atoms with Crippen molar-refractivity contribution in [2.45, 2.75) is 63.0 Å². The molecule has 17 heteroatoms. The Bertz CT molecular complexity index is 1700. The number of halogens is 2. The quantitative estimate of drug-likeness (QED) is 0.140. The molecular formula is C27H31F2N5O8S2. The number of para-hydroxylation sites is 1. The second kappa shape index (κ2) is 15.0. The van der Waals surface area contributed by atoms with Crippen molar-refractivity contribution in [1.29, 1.82) is 0 Å². The lowest BCUT2D eigenvalue weighted by Gasteiger charge is -2.19. The molecule has 1 amide bonds. The molecule has 1 heterocycles. The van der Waals surface area contributed by atoms with E-state index in [1.807, 2.05) is 0 Å². The summed E-state index contributed by atoms with van der Waals surface area (Å²) < 4.78 is 89.7. The van der Waals surface area contributed by atoms with Crippen LogP contribution in [-0.2, 0) is 36.8 Å². The molecule has 0 unspecified atom stereocenters. The summed E-state index contributed by atoms with van der Waals surface area (Å²) in [6, 6.07) is 9.50. The SMILES string of the molecule is CCc1nnc(C(=O)[C@H](CC)NC(=O)[C@H](CS(=O)(=O)Cc2ccccc2OC(F)F)N=C(C)NS(=O)(=O)c2ccccc2)o1. The van der Waals surface area contributed by atoms with Crippen LogP contribution in [0.1, 0.15) is 49.3 Å². The second-order valence-electron chi connectivity index (χ2n) is 9.38. The Balaban J connectivity index is 1.91. The number of nitrogens with one attached hydrogen (secondary N) is 2. The van der Waals surface area contributed by atoms with Gasteiger partial charge in [-0.1, -0.05) is 50.2 Å². The van der Waals surface area contributed by atoms with E-state index in [0.29, 0.717) is 6.42 Å². The number of ether oxygens (including phenoxy) is 1. The van der Waals surface area contributed by atoms with Crippen LogP contribution in [0.2, 0.25) is 0 Å². The number of amides is 1. The maximum Gasteiger partial charge on any atom is 0.387 e. The molecule has 2 aromatic carbocycles. The fraction of sp³-hybridized carbons (Fsp3) is 0.370. The van der Waals surface area contributed by atoms with E-state index in [-0.39, 0.29) is 40.2 Å². The van der Waals surface area contributed by atoms with Gasteiger partial charge in [0, 0.05) is 12.0 Å². The highest BCUT2D eigenvalue weighted by molar-refractivity contribution is 7.90. The minimum atomic E-state index is -4.29. The molecule has 1 aromatic heterocycles. The van der Waals surface area contributed by atoms with Crippen molar-refractivity contribution in [3.63, 3.8) is 0 Å². The van der Waals surface area contributed by atoms with E-state index >= 15 is 0 Å². The topological polar surface area (TPSA) is 187 Å².